The Morgan fingerprint density at radius 2 is 1.22 bits per heavy atom. The van der Waals surface area contributed by atoms with E-state index in [9.17, 15) is 45.5 Å². The van der Waals surface area contributed by atoms with E-state index in [0.29, 0.717) is 69.7 Å². The van der Waals surface area contributed by atoms with Crippen LogP contribution in [0.1, 0.15) is 77.6 Å². The second-order valence-corrected chi connectivity index (χ2v) is 12.7. The summed E-state index contributed by atoms with van der Waals surface area (Å²) in [6.07, 6.45) is -6.89. The van der Waals surface area contributed by atoms with Crippen LogP contribution in [0.3, 0.4) is 0 Å². The smallest absolute Gasteiger partial charge is 0.416 e. The van der Waals surface area contributed by atoms with Gasteiger partial charge in [0.15, 0.2) is 11.5 Å². The fourth-order valence-corrected chi connectivity index (χ4v) is 5.81. The van der Waals surface area contributed by atoms with Crippen LogP contribution in [0, 0.1) is 0 Å². The molecule has 2 fully saturated rings. The van der Waals surface area contributed by atoms with Crippen LogP contribution in [0.5, 0.6) is 11.5 Å². The molecule has 0 saturated carbocycles. The Balaban J connectivity index is 1.46. The number of nitrogens with zero attached hydrogens (tertiary/aromatic N) is 2. The normalized spacial score (nSPS) is 17.0. The zero-order valence-electron chi connectivity index (χ0n) is 29.4. The number of ether oxygens (including phenoxy) is 2. The SMILES string of the molecule is CCCCCC(=O)Nc1cc(C(F)(F)F)cc(NC(=O)c2cc(C(=O)Nc3cc(C(F)(F)F)cc(NC=O)c3O[C@H]3CCNC3)ncn2)c1O[C@H]1CCNC1. The van der Waals surface area contributed by atoms with E-state index in [0.717, 1.165) is 25.2 Å². The van der Waals surface area contributed by atoms with Gasteiger partial charge >= 0.3 is 12.4 Å². The summed E-state index contributed by atoms with van der Waals surface area (Å²) in [6, 6.07) is 3.47. The Morgan fingerprint density at radius 1 is 0.745 bits per heavy atom. The monoisotopic (exact) mass is 780 g/mol. The minimum Gasteiger partial charge on any atom is -0.485 e. The predicted octanol–water partition coefficient (Wildman–Crippen LogP) is 5.59. The minimum atomic E-state index is -4.91. The Hall–Kier alpha value is -5.50. The van der Waals surface area contributed by atoms with Crippen LogP contribution < -0.4 is 41.4 Å². The first-order valence-electron chi connectivity index (χ1n) is 17.4. The lowest BCUT2D eigenvalue weighted by Gasteiger charge is -2.22. The molecular formula is C35H38F6N8O6. The molecule has 2 aliphatic heterocycles. The van der Waals surface area contributed by atoms with E-state index >= 15 is 0 Å². The molecule has 3 aromatic rings. The number of alkyl halides is 6. The number of hydrogen-bond donors (Lipinski definition) is 6. The van der Waals surface area contributed by atoms with Gasteiger partial charge in [-0.25, -0.2) is 9.97 Å². The van der Waals surface area contributed by atoms with Gasteiger partial charge in [0.2, 0.25) is 12.3 Å². The first-order valence-corrected chi connectivity index (χ1v) is 17.4. The quantitative estimate of drug-likeness (QED) is 0.0646. The number of unbranched alkanes of at least 4 members (excludes halogenated alkanes) is 2. The summed E-state index contributed by atoms with van der Waals surface area (Å²) in [7, 11) is 0. The first-order chi connectivity index (χ1) is 26.2. The van der Waals surface area contributed by atoms with Crippen molar-refractivity contribution < 1.29 is 55.0 Å². The molecule has 1 aromatic heterocycles. The number of carbonyl (C=O) groups is 4. The van der Waals surface area contributed by atoms with E-state index in [2.05, 4.69) is 41.9 Å². The number of amides is 4. The third-order valence-electron chi connectivity index (χ3n) is 8.56. The van der Waals surface area contributed by atoms with E-state index in [1.54, 1.807) is 0 Å². The van der Waals surface area contributed by atoms with Crippen LogP contribution in [0.15, 0.2) is 36.7 Å². The maximum absolute atomic E-state index is 14.1. The van der Waals surface area contributed by atoms with Gasteiger partial charge in [0.05, 0.1) is 33.9 Å². The zero-order valence-corrected chi connectivity index (χ0v) is 29.4. The summed E-state index contributed by atoms with van der Waals surface area (Å²) in [5, 5.41) is 15.4. The summed E-state index contributed by atoms with van der Waals surface area (Å²) in [6.45, 7) is 3.71. The molecule has 2 aliphatic rings. The Morgan fingerprint density at radius 3 is 1.65 bits per heavy atom. The number of anilines is 4. The van der Waals surface area contributed by atoms with Crippen molar-refractivity contribution >= 4 is 46.9 Å². The van der Waals surface area contributed by atoms with Gasteiger partial charge in [0.25, 0.3) is 11.8 Å². The van der Waals surface area contributed by atoms with Crippen LogP contribution in [-0.4, -0.2) is 72.5 Å². The third-order valence-corrected chi connectivity index (χ3v) is 8.56. The molecule has 0 bridgehead atoms. The van der Waals surface area contributed by atoms with Crippen molar-refractivity contribution in [3.8, 4) is 11.5 Å². The van der Waals surface area contributed by atoms with Crippen LogP contribution in [0.25, 0.3) is 0 Å². The molecule has 55 heavy (non-hydrogen) atoms. The average molecular weight is 781 g/mol. The molecule has 2 saturated heterocycles. The lowest BCUT2D eigenvalue weighted by molar-refractivity contribution is -0.138. The number of halogens is 6. The summed E-state index contributed by atoms with van der Waals surface area (Å²) in [5.41, 5.74) is -5.10. The largest absolute Gasteiger partial charge is 0.485 e. The van der Waals surface area contributed by atoms with Crippen LogP contribution >= 0.6 is 0 Å². The Kier molecular flexibility index (Phi) is 13.1. The molecule has 5 rings (SSSR count). The average Bonchev–Trinajstić information content (AvgIpc) is 3.85. The molecule has 296 valence electrons. The van der Waals surface area contributed by atoms with Crippen molar-refractivity contribution in [3.63, 3.8) is 0 Å². The summed E-state index contributed by atoms with van der Waals surface area (Å²) in [5.74, 6) is -3.29. The predicted molar refractivity (Wildman–Crippen MR) is 187 cm³/mol. The molecule has 3 heterocycles. The number of rotatable bonds is 15. The fourth-order valence-electron chi connectivity index (χ4n) is 5.81. The van der Waals surface area contributed by atoms with Crippen molar-refractivity contribution in [3.05, 3.63) is 59.2 Å². The summed E-state index contributed by atoms with van der Waals surface area (Å²) >= 11 is 0. The highest BCUT2D eigenvalue weighted by Crippen LogP contribution is 2.43. The summed E-state index contributed by atoms with van der Waals surface area (Å²) < 4.78 is 95.8. The number of benzene rings is 2. The zero-order chi connectivity index (χ0) is 39.8. The molecule has 2 aromatic carbocycles. The number of hydrogen-bond acceptors (Lipinski definition) is 10. The molecule has 6 N–H and O–H groups in total. The van der Waals surface area contributed by atoms with E-state index in [-0.39, 0.29) is 35.7 Å². The molecule has 0 aliphatic carbocycles. The van der Waals surface area contributed by atoms with Gasteiger partial charge in [-0.2, -0.15) is 26.3 Å². The van der Waals surface area contributed by atoms with E-state index < -0.39 is 76.2 Å². The van der Waals surface area contributed by atoms with Crippen molar-refractivity contribution in [2.24, 2.45) is 0 Å². The maximum atomic E-state index is 14.1. The van der Waals surface area contributed by atoms with Gasteiger partial charge in [-0.1, -0.05) is 19.8 Å². The number of nitrogens with one attached hydrogen (secondary N) is 6. The lowest BCUT2D eigenvalue weighted by atomic mass is 10.1. The van der Waals surface area contributed by atoms with Crippen molar-refractivity contribution in [1.82, 2.24) is 20.6 Å². The molecule has 0 unspecified atom stereocenters. The molecule has 0 radical (unpaired) electrons. The molecule has 0 spiro atoms. The highest BCUT2D eigenvalue weighted by atomic mass is 19.4. The topological polar surface area (TPSA) is 185 Å². The number of aromatic nitrogens is 2. The van der Waals surface area contributed by atoms with Crippen LogP contribution in [-0.2, 0) is 21.9 Å². The summed E-state index contributed by atoms with van der Waals surface area (Å²) in [4.78, 5) is 58.7. The highest BCUT2D eigenvalue weighted by Gasteiger charge is 2.35. The van der Waals surface area contributed by atoms with Gasteiger partial charge in [-0.05, 0) is 56.6 Å². The molecule has 2 atom stereocenters. The van der Waals surface area contributed by atoms with Crippen molar-refractivity contribution in [1.29, 1.82) is 0 Å². The second kappa shape index (κ2) is 17.8. The lowest BCUT2D eigenvalue weighted by Crippen LogP contribution is -2.24. The molecule has 14 nitrogen and oxygen atoms in total. The van der Waals surface area contributed by atoms with Crippen molar-refractivity contribution in [2.45, 2.75) is 70.0 Å². The van der Waals surface area contributed by atoms with Gasteiger partial charge in [-0.15, -0.1) is 0 Å². The maximum Gasteiger partial charge on any atom is 0.416 e. The third kappa shape index (κ3) is 10.8. The van der Waals surface area contributed by atoms with Crippen LogP contribution in [0.4, 0.5) is 49.1 Å². The van der Waals surface area contributed by atoms with Crippen LogP contribution in [0.2, 0.25) is 0 Å². The molecule has 20 heteroatoms. The standard InChI is InChI=1S/C35H38F6N8O6/c1-2-3-4-5-29(51)47-24-11-20(35(39,40)41)13-26(31(24)55-22-7-9-43-16-22)49-33(53)28-14-27(44-17-45-28)32(52)48-25-12-19(34(36,37)38)10-23(46-18-50)30(25)54-21-6-8-42-15-21/h10-14,17-18,21-22,42-43H,2-9,15-16H2,1H3,(H,46,50)(H,47,51)(H,48,52)(H,49,53)/t21-,22-/m0/s1. The highest BCUT2D eigenvalue weighted by molar-refractivity contribution is 6.08. The number of carbonyl (C=O) groups excluding carboxylic acids is 4. The van der Waals surface area contributed by atoms with Gasteiger partial charge in [0, 0.05) is 25.6 Å². The molecular weight excluding hydrogens is 742 g/mol. The Labute approximate surface area is 310 Å². The molecule has 4 amide bonds. The fraction of sp³-hybridized carbons (Fsp3) is 0.429. The first kappa shape index (κ1) is 40.7. The minimum absolute atomic E-state index is 0.0306. The van der Waals surface area contributed by atoms with Gasteiger partial charge in [-0.3, -0.25) is 19.2 Å². The van der Waals surface area contributed by atoms with E-state index in [1.807, 2.05) is 6.92 Å². The Bertz CT molecular complexity index is 1880. The van der Waals surface area contributed by atoms with Gasteiger partial charge < -0.3 is 41.4 Å². The van der Waals surface area contributed by atoms with E-state index in [4.69, 9.17) is 9.47 Å². The van der Waals surface area contributed by atoms with Gasteiger partial charge in [0.1, 0.15) is 29.9 Å². The van der Waals surface area contributed by atoms with E-state index in [1.165, 1.54) is 0 Å². The second-order valence-electron chi connectivity index (χ2n) is 12.7. The van der Waals surface area contributed by atoms with Crippen molar-refractivity contribution in [2.75, 3.05) is 47.4 Å².